The van der Waals surface area contributed by atoms with Gasteiger partial charge in [0.25, 0.3) is 5.69 Å². The minimum Gasteiger partial charge on any atom is -0.618 e. The van der Waals surface area contributed by atoms with Gasteiger partial charge in [-0.15, -0.1) is 0 Å². The van der Waals surface area contributed by atoms with Crippen molar-refractivity contribution in [3.8, 4) is 0 Å². The van der Waals surface area contributed by atoms with E-state index in [4.69, 9.17) is 0 Å². The fourth-order valence-electron chi connectivity index (χ4n) is 3.93. The van der Waals surface area contributed by atoms with Crippen molar-refractivity contribution in [1.82, 2.24) is 0 Å². The molecule has 1 aliphatic carbocycles. The Kier molecular flexibility index (Phi) is 5.22. The zero-order valence-electron chi connectivity index (χ0n) is 15.6. The highest BCUT2D eigenvalue weighted by Gasteiger charge is 2.44. The van der Waals surface area contributed by atoms with E-state index in [1.54, 1.807) is 12.1 Å². The third kappa shape index (κ3) is 4.13. The van der Waals surface area contributed by atoms with Crippen molar-refractivity contribution in [2.75, 3.05) is 0 Å². The van der Waals surface area contributed by atoms with E-state index in [1.807, 2.05) is 44.2 Å². The van der Waals surface area contributed by atoms with Gasteiger partial charge in [0, 0.05) is 37.3 Å². The monoisotopic (exact) mass is 365 g/mol. The van der Waals surface area contributed by atoms with Gasteiger partial charge in [0.1, 0.15) is 11.6 Å². The fraction of sp³-hybridized carbons (Fsp3) is 0.364. The molecule has 1 heterocycles. The molecule has 140 valence electrons. The van der Waals surface area contributed by atoms with Crippen molar-refractivity contribution < 1.29 is 19.1 Å². The van der Waals surface area contributed by atoms with Crippen molar-refractivity contribution in [1.29, 1.82) is 0 Å². The van der Waals surface area contributed by atoms with Gasteiger partial charge in [-0.1, -0.05) is 44.2 Å². The lowest BCUT2D eigenvalue weighted by Gasteiger charge is -2.35. The van der Waals surface area contributed by atoms with E-state index in [-0.39, 0.29) is 34.9 Å². The highest BCUT2D eigenvalue weighted by molar-refractivity contribution is 6.07. The van der Waals surface area contributed by atoms with Gasteiger partial charge in [0.2, 0.25) is 5.78 Å². The molecule has 1 saturated carbocycles. The Morgan fingerprint density at radius 3 is 2.26 bits per heavy atom. The first-order valence-electron chi connectivity index (χ1n) is 9.10. The molecule has 0 spiro atoms. The van der Waals surface area contributed by atoms with E-state index >= 15 is 0 Å². The number of rotatable bonds is 5. The van der Waals surface area contributed by atoms with Gasteiger partial charge in [-0.05, 0) is 17.0 Å². The molecule has 0 saturated heterocycles. The van der Waals surface area contributed by atoms with Crippen molar-refractivity contribution in [2.24, 2.45) is 11.3 Å². The second-order valence-corrected chi connectivity index (χ2v) is 7.98. The lowest BCUT2D eigenvalue weighted by atomic mass is 9.65. The number of aromatic nitrogens is 1. The molecule has 1 aromatic carbocycles. The third-order valence-corrected chi connectivity index (χ3v) is 5.14. The molecule has 2 aromatic rings. The molecular formula is C22H23NO4. The van der Waals surface area contributed by atoms with Gasteiger partial charge in [0.05, 0.1) is 5.92 Å². The van der Waals surface area contributed by atoms with Crippen LogP contribution in [0.25, 0.3) is 0 Å². The molecule has 3 rings (SSSR count). The summed E-state index contributed by atoms with van der Waals surface area (Å²) in [5, 5.41) is 11.9. The van der Waals surface area contributed by atoms with Crippen LogP contribution in [0, 0.1) is 16.5 Å². The van der Waals surface area contributed by atoms with Crippen molar-refractivity contribution in [3.63, 3.8) is 0 Å². The predicted molar refractivity (Wildman–Crippen MR) is 100 cm³/mol. The molecule has 5 heteroatoms. The Morgan fingerprint density at radius 2 is 1.67 bits per heavy atom. The quantitative estimate of drug-likeness (QED) is 0.353. The molecule has 1 aliphatic rings. The van der Waals surface area contributed by atoms with E-state index in [9.17, 15) is 19.6 Å². The number of nitrogens with zero attached hydrogens (tertiary/aromatic N) is 1. The van der Waals surface area contributed by atoms with E-state index < -0.39 is 11.8 Å². The molecule has 5 nitrogen and oxygen atoms in total. The summed E-state index contributed by atoms with van der Waals surface area (Å²) in [5.41, 5.74) is 0.438. The van der Waals surface area contributed by atoms with E-state index in [0.29, 0.717) is 17.6 Å². The molecular weight excluding hydrogens is 342 g/mol. The van der Waals surface area contributed by atoms with Crippen LogP contribution in [0.3, 0.4) is 0 Å². The second kappa shape index (κ2) is 7.43. The number of hydrogen-bond donors (Lipinski definition) is 0. The summed E-state index contributed by atoms with van der Waals surface area (Å²) in [4.78, 5) is 38.4. The van der Waals surface area contributed by atoms with Crippen molar-refractivity contribution in [3.05, 3.63) is 71.2 Å². The Balaban J connectivity index is 1.95. The molecule has 1 aromatic heterocycles. The van der Waals surface area contributed by atoms with Crippen LogP contribution in [0.15, 0.2) is 54.7 Å². The Hall–Kier alpha value is -2.82. The first kappa shape index (κ1) is 19.0. The van der Waals surface area contributed by atoms with Gasteiger partial charge >= 0.3 is 0 Å². The van der Waals surface area contributed by atoms with Gasteiger partial charge in [-0.3, -0.25) is 14.4 Å². The minimum atomic E-state index is -0.840. The average Bonchev–Trinajstić information content (AvgIpc) is 2.60. The molecule has 0 amide bonds. The lowest BCUT2D eigenvalue weighted by molar-refractivity contribution is -0.607. The van der Waals surface area contributed by atoms with Crippen LogP contribution < -0.4 is 4.73 Å². The molecule has 0 aliphatic heterocycles. The minimum absolute atomic E-state index is 0.0227. The van der Waals surface area contributed by atoms with Crippen molar-refractivity contribution in [2.45, 2.75) is 39.0 Å². The highest BCUT2D eigenvalue weighted by atomic mass is 16.5. The van der Waals surface area contributed by atoms with E-state index in [0.717, 1.165) is 5.56 Å². The standard InChI is InChI=1S/C22H23NO4/c1-22(2)13-19(25)21(20(26)14-22)16(15-8-4-3-5-9-15)12-18(24)17-10-6-7-11-23(17)27/h3-11,16,21H,12-14H2,1-2H3/t16-/m1/s1. The fourth-order valence-corrected chi connectivity index (χ4v) is 3.93. The maximum Gasteiger partial charge on any atom is 0.259 e. The second-order valence-electron chi connectivity index (χ2n) is 7.98. The summed E-state index contributed by atoms with van der Waals surface area (Å²) >= 11 is 0. The summed E-state index contributed by atoms with van der Waals surface area (Å²) < 4.78 is 0.526. The SMILES string of the molecule is CC1(C)CC(=O)C([C@H](CC(=O)c2cccc[n+]2[O-])c2ccccc2)C(=O)C1. The molecule has 1 fully saturated rings. The zero-order chi connectivity index (χ0) is 19.6. The van der Waals surface area contributed by atoms with Crippen LogP contribution in [-0.2, 0) is 9.59 Å². The van der Waals surface area contributed by atoms with Crippen LogP contribution in [-0.4, -0.2) is 17.3 Å². The smallest absolute Gasteiger partial charge is 0.259 e. The van der Waals surface area contributed by atoms with Crippen LogP contribution in [0.4, 0.5) is 0 Å². The van der Waals surface area contributed by atoms with Gasteiger partial charge < -0.3 is 5.21 Å². The number of benzene rings is 1. The van der Waals surface area contributed by atoms with E-state index in [1.165, 1.54) is 12.3 Å². The number of hydrogen-bond acceptors (Lipinski definition) is 4. The maximum absolute atomic E-state index is 12.8. The number of carbonyl (C=O) groups is 3. The number of ketones is 3. The topological polar surface area (TPSA) is 78.2 Å². The van der Waals surface area contributed by atoms with Gasteiger partial charge in [-0.25, -0.2) is 0 Å². The van der Waals surface area contributed by atoms with Crippen LogP contribution in [0.1, 0.15) is 55.1 Å². The first-order chi connectivity index (χ1) is 12.8. The maximum atomic E-state index is 12.8. The summed E-state index contributed by atoms with van der Waals surface area (Å²) in [6.07, 6.45) is 1.84. The van der Waals surface area contributed by atoms with Gasteiger partial charge in [-0.2, -0.15) is 4.73 Å². The summed E-state index contributed by atoms with van der Waals surface area (Å²) in [5.74, 6) is -2.02. The normalized spacial score (nSPS) is 18.3. The molecule has 0 bridgehead atoms. The van der Waals surface area contributed by atoms with Gasteiger partial charge in [0.15, 0.2) is 6.20 Å². The summed E-state index contributed by atoms with van der Waals surface area (Å²) in [6, 6.07) is 13.8. The Morgan fingerprint density at radius 1 is 1.07 bits per heavy atom. The Bertz CT molecular complexity index is 853. The first-order valence-corrected chi connectivity index (χ1v) is 9.10. The molecule has 0 N–H and O–H groups in total. The number of Topliss-reactive ketones (excluding diaryl/α,β-unsaturated/α-hetero) is 3. The molecule has 0 unspecified atom stereocenters. The largest absolute Gasteiger partial charge is 0.618 e. The number of pyridine rings is 1. The predicted octanol–water partition coefficient (Wildman–Crippen LogP) is 3.25. The zero-order valence-corrected chi connectivity index (χ0v) is 15.6. The summed E-state index contributed by atoms with van der Waals surface area (Å²) in [7, 11) is 0. The van der Waals surface area contributed by atoms with Crippen LogP contribution in [0.5, 0.6) is 0 Å². The highest BCUT2D eigenvalue weighted by Crippen LogP contribution is 2.41. The Labute approximate surface area is 158 Å². The van der Waals surface area contributed by atoms with Crippen molar-refractivity contribution >= 4 is 17.3 Å². The number of carbonyl (C=O) groups excluding carboxylic acids is 3. The molecule has 0 radical (unpaired) electrons. The average molecular weight is 365 g/mol. The van der Waals surface area contributed by atoms with Crippen LogP contribution in [0.2, 0.25) is 0 Å². The third-order valence-electron chi connectivity index (χ3n) is 5.14. The molecule has 1 atom stereocenters. The lowest BCUT2D eigenvalue weighted by Crippen LogP contribution is -2.42. The summed E-state index contributed by atoms with van der Waals surface area (Å²) in [6.45, 7) is 3.82. The van der Waals surface area contributed by atoms with Crippen LogP contribution >= 0.6 is 0 Å². The molecule has 27 heavy (non-hydrogen) atoms. The van der Waals surface area contributed by atoms with E-state index in [2.05, 4.69) is 0 Å².